The standard InChI is InChI=1S/C14H17N3O4/c1-11(18)13-5-4-12(10-14(13)17(19)20)16(7-3-6-15)8-9-21-2/h4-5,10H,3,7-9H2,1-2H3. The SMILES string of the molecule is COCCN(CCC#N)c1ccc(C(C)=O)c([N+](=O)[O-])c1. The summed E-state index contributed by atoms with van der Waals surface area (Å²) in [7, 11) is 1.56. The second-order valence-electron chi connectivity index (χ2n) is 4.40. The van der Waals surface area contributed by atoms with E-state index in [9.17, 15) is 14.9 Å². The zero-order valence-corrected chi connectivity index (χ0v) is 12.0. The Morgan fingerprint density at radius 1 is 1.48 bits per heavy atom. The Hall–Kier alpha value is -2.46. The van der Waals surface area contributed by atoms with Gasteiger partial charge in [0.15, 0.2) is 5.78 Å². The van der Waals surface area contributed by atoms with Crippen LogP contribution in [-0.4, -0.2) is 37.5 Å². The first-order valence-electron chi connectivity index (χ1n) is 6.41. The topological polar surface area (TPSA) is 96.5 Å². The largest absolute Gasteiger partial charge is 0.383 e. The number of carbonyl (C=O) groups excluding carboxylic acids is 1. The average molecular weight is 291 g/mol. The molecule has 0 bridgehead atoms. The van der Waals surface area contributed by atoms with Crippen molar-refractivity contribution < 1.29 is 14.5 Å². The van der Waals surface area contributed by atoms with Gasteiger partial charge in [-0.2, -0.15) is 5.26 Å². The molecule has 7 nitrogen and oxygen atoms in total. The summed E-state index contributed by atoms with van der Waals surface area (Å²) < 4.78 is 5.00. The Kier molecular flexibility index (Phi) is 6.30. The van der Waals surface area contributed by atoms with E-state index in [1.165, 1.54) is 19.1 Å². The number of nitrogens with zero attached hydrogens (tertiary/aromatic N) is 3. The van der Waals surface area contributed by atoms with Gasteiger partial charge < -0.3 is 9.64 Å². The van der Waals surface area contributed by atoms with Gasteiger partial charge in [0.25, 0.3) is 5.69 Å². The van der Waals surface area contributed by atoms with Crippen LogP contribution in [-0.2, 0) is 4.74 Å². The third-order valence-corrected chi connectivity index (χ3v) is 2.98. The molecule has 1 aromatic rings. The monoisotopic (exact) mass is 291 g/mol. The molecule has 0 spiro atoms. The highest BCUT2D eigenvalue weighted by atomic mass is 16.6. The lowest BCUT2D eigenvalue weighted by Crippen LogP contribution is -2.28. The Balaban J connectivity index is 3.13. The first-order chi connectivity index (χ1) is 10.0. The van der Waals surface area contributed by atoms with Crippen molar-refractivity contribution in [1.82, 2.24) is 0 Å². The Bertz CT molecular complexity index is 566. The lowest BCUT2D eigenvalue weighted by molar-refractivity contribution is -0.385. The van der Waals surface area contributed by atoms with Crippen LogP contribution in [0.5, 0.6) is 0 Å². The van der Waals surface area contributed by atoms with E-state index in [0.29, 0.717) is 31.8 Å². The van der Waals surface area contributed by atoms with E-state index in [0.717, 1.165) is 0 Å². The first kappa shape index (κ1) is 16.6. The molecule has 0 fully saturated rings. The van der Waals surface area contributed by atoms with Gasteiger partial charge in [0, 0.05) is 32.0 Å². The van der Waals surface area contributed by atoms with E-state index >= 15 is 0 Å². The number of Topliss-reactive ketones (excluding diaryl/α,β-unsaturated/α-hetero) is 1. The number of nitriles is 1. The quantitative estimate of drug-likeness (QED) is 0.413. The maximum Gasteiger partial charge on any atom is 0.282 e. The molecule has 0 aromatic heterocycles. The van der Waals surface area contributed by atoms with Gasteiger partial charge in [0.2, 0.25) is 0 Å². The maximum atomic E-state index is 11.4. The number of nitro groups is 1. The van der Waals surface area contributed by atoms with Crippen LogP contribution in [0.25, 0.3) is 0 Å². The molecule has 112 valence electrons. The third-order valence-electron chi connectivity index (χ3n) is 2.98. The number of ether oxygens (including phenoxy) is 1. The summed E-state index contributed by atoms with van der Waals surface area (Å²) in [6.45, 7) is 2.68. The van der Waals surface area contributed by atoms with Crippen molar-refractivity contribution in [2.24, 2.45) is 0 Å². The number of ketones is 1. The van der Waals surface area contributed by atoms with Gasteiger partial charge >= 0.3 is 0 Å². The Labute approximate surface area is 122 Å². The minimum Gasteiger partial charge on any atom is -0.383 e. The molecule has 0 amide bonds. The molecule has 0 saturated carbocycles. The Morgan fingerprint density at radius 3 is 2.71 bits per heavy atom. The average Bonchev–Trinajstić information content (AvgIpc) is 2.46. The lowest BCUT2D eigenvalue weighted by atomic mass is 10.1. The fourth-order valence-corrected chi connectivity index (χ4v) is 1.92. The predicted octanol–water partition coefficient (Wildman–Crippen LogP) is 2.16. The fraction of sp³-hybridized carbons (Fsp3) is 0.429. The highest BCUT2D eigenvalue weighted by Crippen LogP contribution is 2.26. The first-order valence-corrected chi connectivity index (χ1v) is 6.41. The number of methoxy groups -OCH3 is 1. The summed E-state index contributed by atoms with van der Waals surface area (Å²) in [5.41, 5.74) is 0.453. The van der Waals surface area contributed by atoms with Gasteiger partial charge in [-0.05, 0) is 19.1 Å². The van der Waals surface area contributed by atoms with Gasteiger partial charge in [-0.15, -0.1) is 0 Å². The van der Waals surface area contributed by atoms with E-state index in [1.54, 1.807) is 13.2 Å². The summed E-state index contributed by atoms with van der Waals surface area (Å²) in [6.07, 6.45) is 0.298. The number of nitro benzene ring substituents is 1. The summed E-state index contributed by atoms with van der Waals surface area (Å²) in [5.74, 6) is -0.353. The van der Waals surface area contributed by atoms with Gasteiger partial charge in [-0.1, -0.05) is 0 Å². The molecule has 0 aliphatic heterocycles. The van der Waals surface area contributed by atoms with Crippen LogP contribution in [0.3, 0.4) is 0 Å². The molecular weight excluding hydrogens is 274 g/mol. The summed E-state index contributed by atoms with van der Waals surface area (Å²) >= 11 is 0. The number of carbonyl (C=O) groups is 1. The van der Waals surface area contributed by atoms with Crippen LogP contribution in [0.2, 0.25) is 0 Å². The number of anilines is 1. The van der Waals surface area contributed by atoms with Crippen molar-refractivity contribution in [3.63, 3.8) is 0 Å². The van der Waals surface area contributed by atoms with E-state index in [1.807, 2.05) is 11.0 Å². The molecule has 0 aliphatic carbocycles. The number of rotatable bonds is 8. The summed E-state index contributed by atoms with van der Waals surface area (Å²) in [5, 5.41) is 19.8. The molecule has 0 saturated heterocycles. The zero-order chi connectivity index (χ0) is 15.8. The second kappa shape index (κ2) is 7.97. The van der Waals surface area contributed by atoms with E-state index in [4.69, 9.17) is 10.00 Å². The lowest BCUT2D eigenvalue weighted by Gasteiger charge is -2.23. The molecular formula is C14H17N3O4. The molecule has 0 aliphatic rings. The van der Waals surface area contributed by atoms with Crippen LogP contribution in [0.1, 0.15) is 23.7 Å². The van der Waals surface area contributed by atoms with Crippen LogP contribution in [0.15, 0.2) is 18.2 Å². The van der Waals surface area contributed by atoms with Crippen molar-refractivity contribution in [2.45, 2.75) is 13.3 Å². The predicted molar refractivity (Wildman–Crippen MR) is 77.4 cm³/mol. The Morgan fingerprint density at radius 2 is 2.19 bits per heavy atom. The normalized spacial score (nSPS) is 9.95. The minimum absolute atomic E-state index is 0.0794. The van der Waals surface area contributed by atoms with E-state index in [-0.39, 0.29) is 17.0 Å². The van der Waals surface area contributed by atoms with Gasteiger partial charge in [0.1, 0.15) is 0 Å². The fourth-order valence-electron chi connectivity index (χ4n) is 1.92. The molecule has 0 heterocycles. The molecule has 21 heavy (non-hydrogen) atoms. The highest BCUT2D eigenvalue weighted by Gasteiger charge is 2.19. The molecule has 0 unspecified atom stereocenters. The molecule has 0 atom stereocenters. The molecule has 7 heteroatoms. The van der Waals surface area contributed by atoms with Crippen molar-refractivity contribution in [1.29, 1.82) is 5.26 Å². The van der Waals surface area contributed by atoms with Crippen LogP contribution in [0.4, 0.5) is 11.4 Å². The van der Waals surface area contributed by atoms with Crippen molar-refractivity contribution in [2.75, 3.05) is 31.7 Å². The zero-order valence-electron chi connectivity index (χ0n) is 12.0. The third kappa shape index (κ3) is 4.54. The maximum absolute atomic E-state index is 11.4. The number of benzene rings is 1. The van der Waals surface area contributed by atoms with Gasteiger partial charge in [-0.25, -0.2) is 0 Å². The van der Waals surface area contributed by atoms with Gasteiger partial charge in [0.05, 0.1) is 29.6 Å². The van der Waals surface area contributed by atoms with Crippen LogP contribution in [0, 0.1) is 21.4 Å². The molecule has 0 N–H and O–H groups in total. The van der Waals surface area contributed by atoms with Crippen LogP contribution >= 0.6 is 0 Å². The number of hydrogen-bond donors (Lipinski definition) is 0. The van der Waals surface area contributed by atoms with Gasteiger partial charge in [-0.3, -0.25) is 14.9 Å². The highest BCUT2D eigenvalue weighted by molar-refractivity contribution is 5.98. The van der Waals surface area contributed by atoms with Crippen molar-refractivity contribution in [3.05, 3.63) is 33.9 Å². The van der Waals surface area contributed by atoms with Crippen LogP contribution < -0.4 is 4.90 Å². The smallest absolute Gasteiger partial charge is 0.282 e. The summed E-state index contributed by atoms with van der Waals surface area (Å²) in [4.78, 5) is 23.8. The molecule has 0 radical (unpaired) electrons. The second-order valence-corrected chi connectivity index (χ2v) is 4.40. The van der Waals surface area contributed by atoms with Crippen molar-refractivity contribution >= 4 is 17.2 Å². The molecule has 1 aromatic carbocycles. The minimum atomic E-state index is -0.570. The van der Waals surface area contributed by atoms with E-state index in [2.05, 4.69) is 0 Å². The van der Waals surface area contributed by atoms with E-state index < -0.39 is 4.92 Å². The number of hydrogen-bond acceptors (Lipinski definition) is 6. The van der Waals surface area contributed by atoms with Crippen molar-refractivity contribution in [3.8, 4) is 6.07 Å². The molecule has 1 rings (SSSR count). The summed E-state index contributed by atoms with van der Waals surface area (Å²) in [6, 6.07) is 6.50.